The van der Waals surface area contributed by atoms with Crippen molar-refractivity contribution in [3.63, 3.8) is 0 Å². The third-order valence-corrected chi connectivity index (χ3v) is 5.11. The van der Waals surface area contributed by atoms with E-state index in [4.69, 9.17) is 0 Å². The lowest BCUT2D eigenvalue weighted by Gasteiger charge is -2.45. The summed E-state index contributed by atoms with van der Waals surface area (Å²) in [6.07, 6.45) is 6.61. The van der Waals surface area contributed by atoms with Gasteiger partial charge in [-0.05, 0) is 54.6 Å². The molecule has 0 aromatic heterocycles. The zero-order chi connectivity index (χ0) is 13.4. The van der Waals surface area contributed by atoms with Crippen LogP contribution in [0.15, 0.2) is 18.2 Å². The molecular formula is C18H28. The van der Waals surface area contributed by atoms with Crippen LogP contribution in [0.2, 0.25) is 0 Å². The molecule has 100 valence electrons. The largest absolute Gasteiger partial charge is 0.0654 e. The van der Waals surface area contributed by atoms with Gasteiger partial charge in [-0.15, -0.1) is 0 Å². The van der Waals surface area contributed by atoms with E-state index in [-0.39, 0.29) is 0 Å². The highest BCUT2D eigenvalue weighted by molar-refractivity contribution is 5.44. The van der Waals surface area contributed by atoms with E-state index in [0.29, 0.717) is 10.8 Å². The molecule has 0 nitrogen and oxygen atoms in total. The summed E-state index contributed by atoms with van der Waals surface area (Å²) in [7, 11) is 0. The van der Waals surface area contributed by atoms with E-state index in [0.717, 1.165) is 0 Å². The SMILES string of the molecule is CCCC1(CC)CCC(C)(C)c2ccc(C)cc21. The molecule has 1 unspecified atom stereocenters. The Kier molecular flexibility index (Phi) is 3.58. The average Bonchev–Trinajstić information content (AvgIpc) is 2.33. The van der Waals surface area contributed by atoms with Gasteiger partial charge in [0.05, 0.1) is 0 Å². The van der Waals surface area contributed by atoms with Crippen molar-refractivity contribution in [2.45, 2.75) is 77.6 Å². The third-order valence-electron chi connectivity index (χ3n) is 5.11. The Morgan fingerprint density at radius 3 is 2.39 bits per heavy atom. The summed E-state index contributed by atoms with van der Waals surface area (Å²) in [5, 5.41) is 0. The van der Waals surface area contributed by atoms with Gasteiger partial charge in [-0.2, -0.15) is 0 Å². The first kappa shape index (κ1) is 13.6. The van der Waals surface area contributed by atoms with Crippen LogP contribution in [0.25, 0.3) is 0 Å². The van der Waals surface area contributed by atoms with E-state index < -0.39 is 0 Å². The van der Waals surface area contributed by atoms with Crippen molar-refractivity contribution in [3.8, 4) is 0 Å². The molecule has 1 aliphatic rings. The molecule has 0 spiro atoms. The second kappa shape index (κ2) is 4.72. The molecule has 0 saturated heterocycles. The molecule has 0 heteroatoms. The van der Waals surface area contributed by atoms with Gasteiger partial charge in [0.25, 0.3) is 0 Å². The maximum absolute atomic E-state index is 2.47. The van der Waals surface area contributed by atoms with Crippen LogP contribution in [0, 0.1) is 6.92 Å². The number of fused-ring (bicyclic) bond motifs is 1. The van der Waals surface area contributed by atoms with E-state index in [1.54, 1.807) is 11.1 Å². The molecule has 1 atom stereocenters. The van der Waals surface area contributed by atoms with Crippen LogP contribution in [0.5, 0.6) is 0 Å². The minimum absolute atomic E-state index is 0.357. The maximum atomic E-state index is 2.47. The summed E-state index contributed by atoms with van der Waals surface area (Å²) >= 11 is 0. The topological polar surface area (TPSA) is 0 Å². The van der Waals surface area contributed by atoms with Crippen LogP contribution >= 0.6 is 0 Å². The molecule has 18 heavy (non-hydrogen) atoms. The van der Waals surface area contributed by atoms with E-state index in [2.05, 4.69) is 52.8 Å². The van der Waals surface area contributed by atoms with Crippen molar-refractivity contribution in [1.82, 2.24) is 0 Å². The van der Waals surface area contributed by atoms with Gasteiger partial charge < -0.3 is 0 Å². The minimum Gasteiger partial charge on any atom is -0.0654 e. The van der Waals surface area contributed by atoms with Crippen molar-refractivity contribution < 1.29 is 0 Å². The lowest BCUT2D eigenvalue weighted by molar-refractivity contribution is 0.266. The van der Waals surface area contributed by atoms with Gasteiger partial charge in [0.2, 0.25) is 0 Å². The fraction of sp³-hybridized carbons (Fsp3) is 0.667. The molecule has 0 radical (unpaired) electrons. The number of hydrogen-bond acceptors (Lipinski definition) is 0. The monoisotopic (exact) mass is 244 g/mol. The van der Waals surface area contributed by atoms with E-state index in [1.165, 1.54) is 37.7 Å². The highest BCUT2D eigenvalue weighted by Crippen LogP contribution is 2.49. The molecule has 1 aliphatic carbocycles. The van der Waals surface area contributed by atoms with E-state index in [9.17, 15) is 0 Å². The predicted octanol–water partition coefficient (Wildman–Crippen LogP) is 5.51. The number of rotatable bonds is 3. The Bertz CT molecular complexity index is 428. The average molecular weight is 244 g/mol. The Morgan fingerprint density at radius 1 is 1.06 bits per heavy atom. The smallest absolute Gasteiger partial charge is 0.00463 e. The maximum Gasteiger partial charge on any atom is -0.00463 e. The fourth-order valence-corrected chi connectivity index (χ4v) is 3.79. The van der Waals surface area contributed by atoms with Crippen molar-refractivity contribution in [1.29, 1.82) is 0 Å². The Hall–Kier alpha value is -0.780. The minimum atomic E-state index is 0.357. The second-order valence-corrected chi connectivity index (χ2v) is 6.82. The van der Waals surface area contributed by atoms with E-state index in [1.807, 2.05) is 0 Å². The molecule has 1 aromatic rings. The van der Waals surface area contributed by atoms with Gasteiger partial charge in [-0.25, -0.2) is 0 Å². The molecule has 0 aliphatic heterocycles. The van der Waals surface area contributed by atoms with Gasteiger partial charge in [0, 0.05) is 0 Å². The number of hydrogen-bond donors (Lipinski definition) is 0. The summed E-state index contributed by atoms with van der Waals surface area (Å²) in [5.41, 5.74) is 5.49. The second-order valence-electron chi connectivity index (χ2n) is 6.82. The first-order valence-corrected chi connectivity index (χ1v) is 7.57. The van der Waals surface area contributed by atoms with Gasteiger partial charge in [-0.1, -0.05) is 57.9 Å². The molecule has 0 saturated carbocycles. The van der Waals surface area contributed by atoms with Crippen LogP contribution in [0.1, 0.15) is 76.5 Å². The zero-order valence-electron chi connectivity index (χ0n) is 12.8. The van der Waals surface area contributed by atoms with Gasteiger partial charge >= 0.3 is 0 Å². The first-order chi connectivity index (χ1) is 8.45. The molecule has 2 rings (SSSR count). The normalized spacial score (nSPS) is 25.8. The van der Waals surface area contributed by atoms with Crippen LogP contribution in [-0.4, -0.2) is 0 Å². The lowest BCUT2D eigenvalue weighted by Crippen LogP contribution is -2.37. The predicted molar refractivity (Wildman–Crippen MR) is 80.3 cm³/mol. The summed E-state index contributed by atoms with van der Waals surface area (Å²) < 4.78 is 0. The van der Waals surface area contributed by atoms with Crippen molar-refractivity contribution >= 4 is 0 Å². The lowest BCUT2D eigenvalue weighted by atomic mass is 9.59. The van der Waals surface area contributed by atoms with Crippen LogP contribution in [-0.2, 0) is 10.8 Å². The van der Waals surface area contributed by atoms with Crippen molar-refractivity contribution in [2.24, 2.45) is 0 Å². The molecule has 0 N–H and O–H groups in total. The van der Waals surface area contributed by atoms with Crippen molar-refractivity contribution in [3.05, 3.63) is 34.9 Å². The number of benzene rings is 1. The highest BCUT2D eigenvalue weighted by atomic mass is 14.4. The molecule has 0 amide bonds. The highest BCUT2D eigenvalue weighted by Gasteiger charge is 2.40. The summed E-state index contributed by atoms with van der Waals surface area (Å²) in [6.45, 7) is 11.8. The number of aryl methyl sites for hydroxylation is 1. The van der Waals surface area contributed by atoms with Crippen LogP contribution in [0.3, 0.4) is 0 Å². The van der Waals surface area contributed by atoms with Crippen LogP contribution < -0.4 is 0 Å². The Morgan fingerprint density at radius 2 is 1.78 bits per heavy atom. The molecule has 0 bridgehead atoms. The van der Waals surface area contributed by atoms with Gasteiger partial charge in [0.1, 0.15) is 0 Å². The van der Waals surface area contributed by atoms with Gasteiger partial charge in [0.15, 0.2) is 0 Å². The standard InChI is InChI=1S/C18H28/c1-6-10-18(7-2)12-11-17(4,5)15-9-8-14(3)13-16(15)18/h8-9,13H,6-7,10-12H2,1-5H3. The van der Waals surface area contributed by atoms with E-state index >= 15 is 0 Å². The Balaban J connectivity index is 2.59. The summed E-state index contributed by atoms with van der Waals surface area (Å²) in [4.78, 5) is 0. The molecule has 0 fully saturated rings. The quantitative estimate of drug-likeness (QED) is 0.657. The summed E-state index contributed by atoms with van der Waals surface area (Å²) in [5.74, 6) is 0. The Labute approximate surface area is 113 Å². The molecule has 0 heterocycles. The first-order valence-electron chi connectivity index (χ1n) is 7.57. The van der Waals surface area contributed by atoms with Crippen LogP contribution in [0.4, 0.5) is 0 Å². The fourth-order valence-electron chi connectivity index (χ4n) is 3.79. The third kappa shape index (κ3) is 2.11. The summed E-state index contributed by atoms with van der Waals surface area (Å²) in [6, 6.07) is 7.15. The zero-order valence-corrected chi connectivity index (χ0v) is 12.8. The molecule has 1 aromatic carbocycles. The molecular weight excluding hydrogens is 216 g/mol. The van der Waals surface area contributed by atoms with Crippen molar-refractivity contribution in [2.75, 3.05) is 0 Å². The van der Waals surface area contributed by atoms with Gasteiger partial charge in [-0.3, -0.25) is 0 Å².